The number of benzene rings is 1. The molecule has 108 valence electrons. The molecule has 1 N–H and O–H groups in total. The van der Waals surface area contributed by atoms with Crippen LogP contribution in [0.1, 0.15) is 24.6 Å². The van der Waals surface area contributed by atoms with Crippen molar-refractivity contribution in [3.8, 4) is 0 Å². The van der Waals surface area contributed by atoms with E-state index in [1.807, 2.05) is 30.1 Å². The Hall–Kier alpha value is -1.32. The number of hydrogen-bond acceptors (Lipinski definition) is 2. The minimum Gasteiger partial charge on any atom is -0.313 e. The molecule has 0 radical (unpaired) electrons. The molecule has 0 amide bonds. The van der Waals surface area contributed by atoms with Crippen LogP contribution in [0.4, 0.5) is 0 Å². The molecule has 1 unspecified atom stereocenters. The van der Waals surface area contributed by atoms with E-state index >= 15 is 0 Å². The number of nitrogens with zero attached hydrogens (tertiary/aromatic N) is 2. The minimum atomic E-state index is 0.408. The first-order chi connectivity index (χ1) is 9.67. The van der Waals surface area contributed by atoms with Crippen LogP contribution in [0.25, 0.3) is 0 Å². The van der Waals surface area contributed by atoms with Gasteiger partial charge in [-0.3, -0.25) is 4.68 Å². The molecule has 3 nitrogen and oxygen atoms in total. The van der Waals surface area contributed by atoms with Crippen LogP contribution in [0, 0.1) is 0 Å². The minimum absolute atomic E-state index is 0.408. The summed E-state index contributed by atoms with van der Waals surface area (Å²) in [6.07, 6.45) is 5.07. The van der Waals surface area contributed by atoms with E-state index in [0.717, 1.165) is 36.5 Å². The van der Waals surface area contributed by atoms with Crippen LogP contribution in [-0.4, -0.2) is 22.4 Å². The molecule has 4 heteroatoms. The summed E-state index contributed by atoms with van der Waals surface area (Å²) in [5.41, 5.74) is 2.44. The molecule has 2 rings (SSSR count). The van der Waals surface area contributed by atoms with Crippen LogP contribution in [0.5, 0.6) is 0 Å². The Balaban J connectivity index is 2.00. The molecule has 1 atom stereocenters. The largest absolute Gasteiger partial charge is 0.313 e. The standard InChI is InChI=1S/C16H22ClN3/c1-3-9-18-16(12-15-8-10-20(2)19-15)11-13-4-6-14(17)7-5-13/h4-8,10,16,18H,3,9,11-12H2,1-2H3. The van der Waals surface area contributed by atoms with Gasteiger partial charge in [-0.2, -0.15) is 5.10 Å². The smallest absolute Gasteiger partial charge is 0.0640 e. The first kappa shape index (κ1) is 15.1. The first-order valence-corrected chi connectivity index (χ1v) is 7.51. The third-order valence-corrected chi connectivity index (χ3v) is 3.55. The summed E-state index contributed by atoms with van der Waals surface area (Å²) in [5.74, 6) is 0. The fourth-order valence-corrected chi connectivity index (χ4v) is 2.42. The maximum atomic E-state index is 5.94. The highest BCUT2D eigenvalue weighted by atomic mass is 35.5. The van der Waals surface area contributed by atoms with Crippen LogP contribution in [-0.2, 0) is 19.9 Å². The zero-order valence-corrected chi connectivity index (χ0v) is 12.9. The maximum absolute atomic E-state index is 5.94. The molecule has 2 aromatic rings. The molecular weight excluding hydrogens is 270 g/mol. The van der Waals surface area contributed by atoms with Crippen molar-refractivity contribution < 1.29 is 0 Å². The van der Waals surface area contributed by atoms with Gasteiger partial charge >= 0.3 is 0 Å². The van der Waals surface area contributed by atoms with Gasteiger partial charge in [0.15, 0.2) is 0 Å². The maximum Gasteiger partial charge on any atom is 0.0640 e. The Bertz CT molecular complexity index is 519. The molecule has 0 spiro atoms. The Morgan fingerprint density at radius 3 is 2.55 bits per heavy atom. The predicted molar refractivity (Wildman–Crippen MR) is 84.1 cm³/mol. The van der Waals surface area contributed by atoms with Crippen molar-refractivity contribution in [2.75, 3.05) is 6.54 Å². The summed E-state index contributed by atoms with van der Waals surface area (Å²) in [6, 6.07) is 10.6. The zero-order chi connectivity index (χ0) is 14.4. The third kappa shape index (κ3) is 4.66. The molecule has 1 aromatic heterocycles. The average Bonchev–Trinajstić information content (AvgIpc) is 2.84. The normalized spacial score (nSPS) is 12.6. The van der Waals surface area contributed by atoms with Gasteiger partial charge in [-0.05, 0) is 43.1 Å². The van der Waals surface area contributed by atoms with E-state index in [0.29, 0.717) is 6.04 Å². The number of rotatable bonds is 7. The molecule has 20 heavy (non-hydrogen) atoms. The van der Waals surface area contributed by atoms with Gasteiger partial charge in [-0.15, -0.1) is 0 Å². The SMILES string of the molecule is CCCNC(Cc1ccc(Cl)cc1)Cc1ccn(C)n1. The highest BCUT2D eigenvalue weighted by Gasteiger charge is 2.11. The lowest BCUT2D eigenvalue weighted by Crippen LogP contribution is -2.34. The fourth-order valence-electron chi connectivity index (χ4n) is 2.29. The number of halogens is 1. The Morgan fingerprint density at radius 1 is 1.20 bits per heavy atom. The summed E-state index contributed by atoms with van der Waals surface area (Å²) in [4.78, 5) is 0. The number of hydrogen-bond donors (Lipinski definition) is 1. The quantitative estimate of drug-likeness (QED) is 0.849. The van der Waals surface area contributed by atoms with Gasteiger partial charge in [-0.1, -0.05) is 30.7 Å². The van der Waals surface area contributed by atoms with Crippen LogP contribution in [0.2, 0.25) is 5.02 Å². The van der Waals surface area contributed by atoms with Crippen molar-refractivity contribution in [2.24, 2.45) is 7.05 Å². The van der Waals surface area contributed by atoms with Gasteiger partial charge in [0, 0.05) is 30.7 Å². The van der Waals surface area contributed by atoms with E-state index in [4.69, 9.17) is 11.6 Å². The fraction of sp³-hybridized carbons (Fsp3) is 0.438. The predicted octanol–water partition coefficient (Wildman–Crippen LogP) is 3.23. The van der Waals surface area contributed by atoms with Gasteiger partial charge < -0.3 is 5.32 Å². The molecule has 0 saturated heterocycles. The van der Waals surface area contributed by atoms with E-state index in [9.17, 15) is 0 Å². The van der Waals surface area contributed by atoms with Crippen molar-refractivity contribution >= 4 is 11.6 Å². The molecule has 1 heterocycles. The highest BCUT2D eigenvalue weighted by Crippen LogP contribution is 2.13. The lowest BCUT2D eigenvalue weighted by Gasteiger charge is -2.17. The van der Waals surface area contributed by atoms with E-state index in [1.165, 1.54) is 5.56 Å². The van der Waals surface area contributed by atoms with E-state index < -0.39 is 0 Å². The summed E-state index contributed by atoms with van der Waals surface area (Å²) >= 11 is 5.94. The van der Waals surface area contributed by atoms with Crippen LogP contribution in [0.15, 0.2) is 36.5 Å². The summed E-state index contributed by atoms with van der Waals surface area (Å²) in [6.45, 7) is 3.22. The molecular formula is C16H22ClN3. The van der Waals surface area contributed by atoms with Crippen LogP contribution >= 0.6 is 11.6 Å². The van der Waals surface area contributed by atoms with Crippen LogP contribution in [0.3, 0.4) is 0 Å². The van der Waals surface area contributed by atoms with E-state index in [-0.39, 0.29) is 0 Å². The van der Waals surface area contributed by atoms with Crippen molar-refractivity contribution in [3.63, 3.8) is 0 Å². The molecule has 0 fully saturated rings. The second kappa shape index (κ2) is 7.46. The molecule has 0 aliphatic heterocycles. The zero-order valence-electron chi connectivity index (χ0n) is 12.1. The number of aryl methyl sites for hydroxylation is 1. The van der Waals surface area contributed by atoms with Crippen molar-refractivity contribution in [3.05, 3.63) is 52.8 Å². The Morgan fingerprint density at radius 2 is 1.95 bits per heavy atom. The third-order valence-electron chi connectivity index (χ3n) is 3.30. The van der Waals surface area contributed by atoms with Gasteiger partial charge in [0.2, 0.25) is 0 Å². The van der Waals surface area contributed by atoms with Gasteiger partial charge in [0.25, 0.3) is 0 Å². The van der Waals surface area contributed by atoms with Gasteiger partial charge in [-0.25, -0.2) is 0 Å². The van der Waals surface area contributed by atoms with Crippen molar-refractivity contribution in [1.29, 1.82) is 0 Å². The number of aromatic nitrogens is 2. The average molecular weight is 292 g/mol. The van der Waals surface area contributed by atoms with Gasteiger partial charge in [0.1, 0.15) is 0 Å². The van der Waals surface area contributed by atoms with E-state index in [1.54, 1.807) is 0 Å². The molecule has 0 saturated carbocycles. The van der Waals surface area contributed by atoms with Crippen LogP contribution < -0.4 is 5.32 Å². The highest BCUT2D eigenvalue weighted by molar-refractivity contribution is 6.30. The van der Waals surface area contributed by atoms with Crippen molar-refractivity contribution in [2.45, 2.75) is 32.2 Å². The summed E-state index contributed by atoms with van der Waals surface area (Å²) in [7, 11) is 1.96. The Labute approximate surface area is 126 Å². The first-order valence-electron chi connectivity index (χ1n) is 7.13. The monoisotopic (exact) mass is 291 g/mol. The molecule has 0 aliphatic carbocycles. The Kier molecular flexibility index (Phi) is 5.62. The van der Waals surface area contributed by atoms with E-state index in [2.05, 4.69) is 35.5 Å². The van der Waals surface area contributed by atoms with Gasteiger partial charge in [0.05, 0.1) is 5.69 Å². The molecule has 1 aromatic carbocycles. The number of nitrogens with one attached hydrogen (secondary N) is 1. The summed E-state index contributed by atoms with van der Waals surface area (Å²) in [5, 5.41) is 8.87. The second-order valence-corrected chi connectivity index (χ2v) is 5.60. The molecule has 0 bridgehead atoms. The van der Waals surface area contributed by atoms with Crippen molar-refractivity contribution in [1.82, 2.24) is 15.1 Å². The second-order valence-electron chi connectivity index (χ2n) is 5.17. The lowest BCUT2D eigenvalue weighted by molar-refractivity contribution is 0.498. The summed E-state index contributed by atoms with van der Waals surface area (Å²) < 4.78 is 1.86. The lowest BCUT2D eigenvalue weighted by atomic mass is 10.0. The topological polar surface area (TPSA) is 29.9 Å². The molecule has 0 aliphatic rings.